The number of aliphatic hydroxyl groups is 6. The van der Waals surface area contributed by atoms with Gasteiger partial charge in [-0.25, -0.2) is 0 Å². The third kappa shape index (κ3) is 33.2. The monoisotopic (exact) mass is 910 g/mol. The second-order valence-electron chi connectivity index (χ2n) is 19.2. The number of nitrogens with one attached hydrogen (secondary N) is 1. The van der Waals surface area contributed by atoms with E-state index >= 15 is 0 Å². The normalized spacial score (nSPS) is 20.7. The predicted molar refractivity (Wildman–Crippen MR) is 264 cm³/mol. The molecule has 1 aliphatic heterocycles. The van der Waals surface area contributed by atoms with Gasteiger partial charge >= 0.3 is 0 Å². The van der Waals surface area contributed by atoms with Crippen molar-refractivity contribution in [2.45, 2.75) is 300 Å². The van der Waals surface area contributed by atoms with E-state index in [0.717, 1.165) is 44.9 Å². The van der Waals surface area contributed by atoms with Crippen LogP contribution in [0.25, 0.3) is 0 Å². The fraction of sp³-hybridized carbons (Fsp3) is 0.907. The average molecular weight is 910 g/mol. The Morgan fingerprint density at radius 2 is 0.906 bits per heavy atom. The van der Waals surface area contributed by atoms with E-state index < -0.39 is 61.5 Å². The number of amides is 1. The summed E-state index contributed by atoms with van der Waals surface area (Å²) >= 11 is 0. The number of carbonyl (C=O) groups excluding carboxylic acids is 1. The Bertz CT molecular complexity index is 1070. The molecule has 378 valence electrons. The van der Waals surface area contributed by atoms with Crippen LogP contribution >= 0.6 is 0 Å². The number of hydrogen-bond acceptors (Lipinski definition) is 9. The van der Waals surface area contributed by atoms with Crippen LogP contribution < -0.4 is 5.32 Å². The van der Waals surface area contributed by atoms with Crippen molar-refractivity contribution >= 4 is 5.91 Å². The molecule has 64 heavy (non-hydrogen) atoms. The zero-order valence-electron chi connectivity index (χ0n) is 41.4. The van der Waals surface area contributed by atoms with Gasteiger partial charge in [0.15, 0.2) is 6.29 Å². The van der Waals surface area contributed by atoms with Crippen LogP contribution in [0, 0.1) is 0 Å². The SMILES string of the molecule is CCCCCCCCCCCCCC/C=C\CCCCCCCCCC(O)C(=O)NC(COC1OC(CO)C(O)C(O)C1O)C(O)/C=C/CCCCCCCCCCCCCCCC. The van der Waals surface area contributed by atoms with Crippen LogP contribution in [0.3, 0.4) is 0 Å². The molecule has 7 N–H and O–H groups in total. The minimum atomic E-state index is -1.61. The van der Waals surface area contributed by atoms with Gasteiger partial charge in [0.2, 0.25) is 5.91 Å². The van der Waals surface area contributed by atoms with Gasteiger partial charge in [0.25, 0.3) is 0 Å². The van der Waals surface area contributed by atoms with Gasteiger partial charge < -0.3 is 45.4 Å². The highest BCUT2D eigenvalue weighted by molar-refractivity contribution is 5.80. The summed E-state index contributed by atoms with van der Waals surface area (Å²) in [7, 11) is 0. The zero-order valence-corrected chi connectivity index (χ0v) is 41.4. The summed E-state index contributed by atoms with van der Waals surface area (Å²) in [6.07, 6.45) is 44.1. The van der Waals surface area contributed by atoms with Gasteiger partial charge in [0.1, 0.15) is 30.5 Å². The van der Waals surface area contributed by atoms with E-state index in [0.29, 0.717) is 12.8 Å². The second kappa shape index (κ2) is 44.2. The molecule has 0 radical (unpaired) electrons. The van der Waals surface area contributed by atoms with E-state index in [2.05, 4.69) is 31.3 Å². The van der Waals surface area contributed by atoms with E-state index in [-0.39, 0.29) is 6.61 Å². The molecule has 1 fully saturated rings. The number of ether oxygens (including phenoxy) is 2. The van der Waals surface area contributed by atoms with Crippen molar-refractivity contribution in [2.24, 2.45) is 0 Å². The lowest BCUT2D eigenvalue weighted by molar-refractivity contribution is -0.302. The van der Waals surface area contributed by atoms with Crippen molar-refractivity contribution in [1.29, 1.82) is 0 Å². The molecule has 0 saturated carbocycles. The van der Waals surface area contributed by atoms with Gasteiger partial charge in [-0.05, 0) is 44.9 Å². The summed E-state index contributed by atoms with van der Waals surface area (Å²) in [5.41, 5.74) is 0. The molecule has 0 aromatic rings. The highest BCUT2D eigenvalue weighted by atomic mass is 16.7. The standard InChI is InChI=1S/C54H103NO9/c1-3-5-7-9-11-13-15-17-19-21-22-23-24-25-26-27-29-31-33-35-37-39-41-43-48(58)53(62)55-46(45-63-54-52(61)51(60)50(59)49(44-56)64-54)47(57)42-40-38-36-34-32-30-28-20-18-16-14-12-10-8-6-4-2/h25-26,40,42,46-52,54,56-61H,3-24,27-39,41,43-45H2,1-2H3,(H,55,62)/b26-25-,42-40+. The highest BCUT2D eigenvalue weighted by Crippen LogP contribution is 2.23. The zero-order chi connectivity index (χ0) is 46.7. The summed E-state index contributed by atoms with van der Waals surface area (Å²) in [6.45, 7) is 3.63. The third-order valence-electron chi connectivity index (χ3n) is 13.1. The first kappa shape index (κ1) is 60.6. The maximum absolute atomic E-state index is 13.1. The molecule has 1 aliphatic rings. The van der Waals surface area contributed by atoms with Crippen LogP contribution in [-0.4, -0.2) is 98.7 Å². The summed E-state index contributed by atoms with van der Waals surface area (Å²) in [6, 6.07) is -0.980. The van der Waals surface area contributed by atoms with Gasteiger partial charge in [0, 0.05) is 0 Å². The minimum Gasteiger partial charge on any atom is -0.394 e. The Balaban J connectivity index is 2.30. The maximum Gasteiger partial charge on any atom is 0.249 e. The van der Waals surface area contributed by atoms with Gasteiger partial charge in [-0.2, -0.15) is 0 Å². The average Bonchev–Trinajstić information content (AvgIpc) is 3.29. The topological polar surface area (TPSA) is 169 Å². The molecule has 0 spiro atoms. The minimum absolute atomic E-state index is 0.305. The Morgan fingerprint density at radius 1 is 0.531 bits per heavy atom. The highest BCUT2D eigenvalue weighted by Gasteiger charge is 2.44. The number of aliphatic hydroxyl groups excluding tert-OH is 6. The lowest BCUT2D eigenvalue weighted by Crippen LogP contribution is -2.60. The van der Waals surface area contributed by atoms with E-state index in [1.54, 1.807) is 6.08 Å². The van der Waals surface area contributed by atoms with E-state index in [1.807, 2.05) is 6.08 Å². The van der Waals surface area contributed by atoms with Gasteiger partial charge in [0.05, 0.1) is 25.4 Å². The molecule has 10 nitrogen and oxygen atoms in total. The second-order valence-corrected chi connectivity index (χ2v) is 19.2. The molecule has 0 aromatic heterocycles. The van der Waals surface area contributed by atoms with Crippen LogP contribution in [0.15, 0.2) is 24.3 Å². The van der Waals surface area contributed by atoms with Crippen LogP contribution in [0.5, 0.6) is 0 Å². The number of carbonyl (C=O) groups is 1. The molecule has 0 bridgehead atoms. The van der Waals surface area contributed by atoms with Crippen molar-refractivity contribution in [2.75, 3.05) is 13.2 Å². The maximum atomic E-state index is 13.1. The van der Waals surface area contributed by atoms with Crippen molar-refractivity contribution in [3.05, 3.63) is 24.3 Å². The van der Waals surface area contributed by atoms with E-state index in [4.69, 9.17) is 9.47 Å². The van der Waals surface area contributed by atoms with Crippen LogP contribution in [0.2, 0.25) is 0 Å². The molecule has 1 heterocycles. The van der Waals surface area contributed by atoms with Crippen LogP contribution in [-0.2, 0) is 14.3 Å². The Kier molecular flexibility index (Phi) is 41.8. The summed E-state index contributed by atoms with van der Waals surface area (Å²) in [5.74, 6) is -0.617. The molecular formula is C54H103NO9. The lowest BCUT2D eigenvalue weighted by atomic mass is 9.99. The van der Waals surface area contributed by atoms with Crippen LogP contribution in [0.1, 0.15) is 251 Å². The smallest absolute Gasteiger partial charge is 0.249 e. The van der Waals surface area contributed by atoms with Gasteiger partial charge in [-0.3, -0.25) is 4.79 Å². The number of allylic oxidation sites excluding steroid dienone is 3. The van der Waals surface area contributed by atoms with Crippen molar-refractivity contribution < 1.29 is 44.9 Å². The first-order chi connectivity index (χ1) is 31.3. The first-order valence-electron chi connectivity index (χ1n) is 27.2. The molecule has 1 saturated heterocycles. The van der Waals surface area contributed by atoms with Crippen molar-refractivity contribution in [3.63, 3.8) is 0 Å². The summed E-state index contributed by atoms with van der Waals surface area (Å²) < 4.78 is 11.2. The third-order valence-corrected chi connectivity index (χ3v) is 13.1. The molecule has 1 rings (SSSR count). The van der Waals surface area contributed by atoms with Gasteiger partial charge in [-0.1, -0.05) is 231 Å². The molecule has 8 unspecified atom stereocenters. The molecule has 1 amide bonds. The quantitative estimate of drug-likeness (QED) is 0.0232. The lowest BCUT2D eigenvalue weighted by Gasteiger charge is -2.40. The fourth-order valence-electron chi connectivity index (χ4n) is 8.69. The molecular weight excluding hydrogens is 807 g/mol. The number of unbranched alkanes of at least 4 members (excludes halogenated alkanes) is 33. The first-order valence-corrected chi connectivity index (χ1v) is 27.2. The fourth-order valence-corrected chi connectivity index (χ4v) is 8.69. The van der Waals surface area contributed by atoms with Crippen LogP contribution in [0.4, 0.5) is 0 Å². The molecule has 8 atom stereocenters. The summed E-state index contributed by atoms with van der Waals surface area (Å²) in [4.78, 5) is 13.1. The van der Waals surface area contributed by atoms with Crippen molar-refractivity contribution in [1.82, 2.24) is 5.32 Å². The molecule has 0 aliphatic carbocycles. The Morgan fingerprint density at radius 3 is 1.31 bits per heavy atom. The number of rotatable bonds is 46. The van der Waals surface area contributed by atoms with Crippen molar-refractivity contribution in [3.8, 4) is 0 Å². The summed E-state index contributed by atoms with van der Waals surface area (Å²) in [5, 5.41) is 64.9. The molecule has 0 aromatic carbocycles. The Labute approximate surface area is 392 Å². The van der Waals surface area contributed by atoms with E-state index in [9.17, 15) is 35.4 Å². The number of hydrogen-bond donors (Lipinski definition) is 7. The molecule has 10 heteroatoms. The largest absolute Gasteiger partial charge is 0.394 e. The Hall–Kier alpha value is -1.37. The van der Waals surface area contributed by atoms with Gasteiger partial charge in [-0.15, -0.1) is 0 Å². The predicted octanol–water partition coefficient (Wildman–Crippen LogP) is 11.6. The van der Waals surface area contributed by atoms with E-state index in [1.165, 1.54) is 180 Å².